The van der Waals surface area contributed by atoms with Crippen molar-refractivity contribution in [2.45, 2.75) is 99.6 Å². The number of hydrogen-bond donors (Lipinski definition) is 0. The van der Waals surface area contributed by atoms with Crippen molar-refractivity contribution < 1.29 is 27.6 Å². The number of halogens is 3. The third-order valence-corrected chi connectivity index (χ3v) is 14.5. The zero-order valence-corrected chi connectivity index (χ0v) is 29.9. The van der Waals surface area contributed by atoms with Crippen LogP contribution in [0.5, 0.6) is 0 Å². The van der Waals surface area contributed by atoms with Gasteiger partial charge in [0.1, 0.15) is 23.8 Å². The molecular formula is C40H45F3N4O3. The number of nitriles is 1. The molecule has 0 aromatic carbocycles. The number of rotatable bonds is 2. The number of carbonyl (C=O) groups excluding carboxylic acids is 3. The molecule has 5 aliphatic rings. The van der Waals surface area contributed by atoms with Crippen LogP contribution in [0.4, 0.5) is 13.2 Å². The third-order valence-electron chi connectivity index (χ3n) is 14.5. The number of ketones is 2. The molecule has 10 heteroatoms. The standard InChI is InChI=1S/C40H45F3N4O3/c1-34(2)12-14-39(33(50)47-21-26(46-22-47)31-24(40(41,42)43)9-8-16-45-31)15-13-38(7)30(25(39)19-34)27(48)17-29-36(5)18-23(20-44)32(49)35(3,4)28(36)10-11-37(29,38)6/h8-9,16-18,21-22,25,28,30H,10-15,19H2,1-7H3/t25?,28?,30-,36-,37+,38+,39-/m0/s1. The Kier molecular flexibility index (Phi) is 7.32. The molecular weight excluding hydrogens is 641 g/mol. The van der Waals surface area contributed by atoms with Gasteiger partial charge >= 0.3 is 6.18 Å². The fourth-order valence-electron chi connectivity index (χ4n) is 11.7. The van der Waals surface area contributed by atoms with E-state index in [-0.39, 0.29) is 51.7 Å². The van der Waals surface area contributed by atoms with Crippen molar-refractivity contribution in [1.82, 2.24) is 14.5 Å². The Morgan fingerprint density at radius 2 is 1.70 bits per heavy atom. The van der Waals surface area contributed by atoms with Crippen molar-refractivity contribution in [3.8, 4) is 17.5 Å². The van der Waals surface area contributed by atoms with Gasteiger partial charge in [-0.3, -0.25) is 23.9 Å². The number of pyridine rings is 1. The molecule has 0 N–H and O–H groups in total. The fraction of sp³-hybridized carbons (Fsp3) is 0.600. The minimum atomic E-state index is -4.64. The first-order valence-corrected chi connectivity index (χ1v) is 17.7. The highest BCUT2D eigenvalue weighted by atomic mass is 19.4. The first kappa shape index (κ1) is 34.6. The summed E-state index contributed by atoms with van der Waals surface area (Å²) >= 11 is 0. The molecule has 2 heterocycles. The summed E-state index contributed by atoms with van der Waals surface area (Å²) in [7, 11) is 0. The van der Waals surface area contributed by atoms with Gasteiger partial charge in [-0.2, -0.15) is 18.4 Å². The zero-order chi connectivity index (χ0) is 36.4. The van der Waals surface area contributed by atoms with Crippen LogP contribution in [0.2, 0.25) is 0 Å². The number of hydrogen-bond acceptors (Lipinski definition) is 6. The Morgan fingerprint density at radius 3 is 2.38 bits per heavy atom. The van der Waals surface area contributed by atoms with Gasteiger partial charge in [-0.25, -0.2) is 4.98 Å². The minimum absolute atomic E-state index is 0.0161. The van der Waals surface area contributed by atoms with E-state index in [1.807, 2.05) is 26.0 Å². The molecule has 0 bridgehead atoms. The number of imidazole rings is 1. The molecule has 0 spiro atoms. The number of Topliss-reactive ketones (excluding diaryl/α,β-unsaturated/α-hetero) is 1. The first-order chi connectivity index (χ1) is 23.2. The lowest BCUT2D eigenvalue weighted by molar-refractivity contribution is -0.164. The van der Waals surface area contributed by atoms with Gasteiger partial charge in [0.25, 0.3) is 0 Å². The van der Waals surface area contributed by atoms with Crippen molar-refractivity contribution in [3.63, 3.8) is 0 Å². The number of fused-ring (bicyclic) bond motifs is 7. The Hall–Kier alpha value is -3.87. The summed E-state index contributed by atoms with van der Waals surface area (Å²) in [5, 5.41) is 10.00. The second-order valence-electron chi connectivity index (χ2n) is 17.8. The molecule has 2 unspecified atom stereocenters. The van der Waals surface area contributed by atoms with Gasteiger partial charge in [-0.1, -0.05) is 60.1 Å². The molecule has 0 radical (unpaired) electrons. The quantitative estimate of drug-likeness (QED) is 0.313. The molecule has 7 atom stereocenters. The van der Waals surface area contributed by atoms with Crippen LogP contribution in [-0.4, -0.2) is 32.0 Å². The van der Waals surface area contributed by atoms with E-state index < -0.39 is 44.7 Å². The van der Waals surface area contributed by atoms with Gasteiger partial charge in [-0.15, -0.1) is 0 Å². The summed E-state index contributed by atoms with van der Waals surface area (Å²) in [6, 6.07) is 4.33. The lowest BCUT2D eigenvalue weighted by Gasteiger charge is -2.69. The smallest absolute Gasteiger partial charge is 0.295 e. The average molecular weight is 687 g/mol. The van der Waals surface area contributed by atoms with E-state index in [0.717, 1.165) is 30.9 Å². The van der Waals surface area contributed by atoms with Crippen LogP contribution >= 0.6 is 0 Å². The molecule has 3 fully saturated rings. The largest absolute Gasteiger partial charge is 0.418 e. The van der Waals surface area contributed by atoms with E-state index in [1.54, 1.807) is 0 Å². The van der Waals surface area contributed by atoms with E-state index in [1.165, 1.54) is 29.4 Å². The summed E-state index contributed by atoms with van der Waals surface area (Å²) in [5.74, 6) is -1.23. The molecule has 7 rings (SSSR count). The molecule has 50 heavy (non-hydrogen) atoms. The van der Waals surface area contributed by atoms with E-state index in [2.05, 4.69) is 50.7 Å². The monoisotopic (exact) mass is 686 g/mol. The van der Waals surface area contributed by atoms with Crippen LogP contribution in [0.15, 0.2) is 54.2 Å². The number of allylic oxidation sites excluding steroid dienone is 4. The first-order valence-electron chi connectivity index (χ1n) is 17.7. The Morgan fingerprint density at radius 1 is 1.00 bits per heavy atom. The van der Waals surface area contributed by atoms with Crippen LogP contribution in [-0.2, 0) is 15.8 Å². The van der Waals surface area contributed by atoms with Crippen LogP contribution in [0.3, 0.4) is 0 Å². The average Bonchev–Trinajstić information content (AvgIpc) is 3.53. The van der Waals surface area contributed by atoms with Gasteiger partial charge in [-0.05, 0) is 91.2 Å². The molecule has 0 saturated heterocycles. The highest BCUT2D eigenvalue weighted by molar-refractivity contribution is 6.04. The van der Waals surface area contributed by atoms with Crippen molar-refractivity contribution in [2.75, 3.05) is 0 Å². The molecule has 2 aromatic rings. The maximum absolute atomic E-state index is 14.8. The summed E-state index contributed by atoms with van der Waals surface area (Å²) in [6.45, 7) is 14.8. The molecule has 264 valence electrons. The third kappa shape index (κ3) is 4.50. The van der Waals surface area contributed by atoms with Crippen LogP contribution in [0.1, 0.15) is 104 Å². The predicted octanol–water partition coefficient (Wildman–Crippen LogP) is 8.82. The Balaban J connectivity index is 1.33. The molecule has 5 aliphatic carbocycles. The van der Waals surface area contributed by atoms with E-state index in [9.17, 15) is 32.8 Å². The van der Waals surface area contributed by atoms with E-state index in [4.69, 9.17) is 0 Å². The summed E-state index contributed by atoms with van der Waals surface area (Å²) < 4.78 is 42.9. The van der Waals surface area contributed by atoms with Crippen molar-refractivity contribution in [3.05, 3.63) is 59.7 Å². The predicted molar refractivity (Wildman–Crippen MR) is 180 cm³/mol. The van der Waals surface area contributed by atoms with Crippen LogP contribution in [0, 0.1) is 61.6 Å². The topological polar surface area (TPSA) is 106 Å². The SMILES string of the molecule is CC1(C)CC[C@]2(C(=O)n3cnc(-c4ncccc4C(F)(F)F)c3)CC[C@]3(C)[C@H](C(=O)C=C4[C@@]5(C)C=C(C#N)C(=O)C(C)(C)C5CC[C@]43C)C2C1. The summed E-state index contributed by atoms with van der Waals surface area (Å²) in [4.78, 5) is 51.3. The number of carbonyl (C=O) groups is 3. The molecule has 3 saturated carbocycles. The molecule has 7 nitrogen and oxygen atoms in total. The van der Waals surface area contributed by atoms with Gasteiger partial charge in [0, 0.05) is 29.1 Å². The van der Waals surface area contributed by atoms with Gasteiger partial charge in [0.2, 0.25) is 5.91 Å². The second-order valence-corrected chi connectivity index (χ2v) is 17.8. The highest BCUT2D eigenvalue weighted by Crippen LogP contribution is 2.74. The zero-order valence-electron chi connectivity index (χ0n) is 29.9. The molecule has 2 aromatic heterocycles. The van der Waals surface area contributed by atoms with Gasteiger partial charge < -0.3 is 0 Å². The Bertz CT molecular complexity index is 1950. The van der Waals surface area contributed by atoms with Gasteiger partial charge in [0.15, 0.2) is 11.6 Å². The number of aromatic nitrogens is 3. The number of alkyl halides is 3. The van der Waals surface area contributed by atoms with Crippen LogP contribution < -0.4 is 0 Å². The normalized spacial score (nSPS) is 37.3. The maximum Gasteiger partial charge on any atom is 0.418 e. The van der Waals surface area contributed by atoms with Gasteiger partial charge in [0.05, 0.1) is 16.6 Å². The Labute approximate surface area is 291 Å². The molecule has 0 aliphatic heterocycles. The fourth-order valence-corrected chi connectivity index (χ4v) is 11.7. The maximum atomic E-state index is 14.8. The van der Waals surface area contributed by atoms with Crippen LogP contribution in [0.25, 0.3) is 11.4 Å². The summed E-state index contributed by atoms with van der Waals surface area (Å²) in [5.41, 5.74) is -3.56. The summed E-state index contributed by atoms with van der Waals surface area (Å²) in [6.07, 6.45) is 7.60. The van der Waals surface area contributed by atoms with E-state index in [0.29, 0.717) is 25.7 Å². The highest BCUT2D eigenvalue weighted by Gasteiger charge is 2.71. The lowest BCUT2D eigenvalue weighted by Crippen LogP contribution is -2.66. The number of nitrogens with zero attached hydrogens (tertiary/aromatic N) is 4. The minimum Gasteiger partial charge on any atom is -0.295 e. The second kappa shape index (κ2) is 10.6. The lowest BCUT2D eigenvalue weighted by atomic mass is 9.34. The van der Waals surface area contributed by atoms with Crippen molar-refractivity contribution >= 4 is 17.5 Å². The van der Waals surface area contributed by atoms with Crippen molar-refractivity contribution in [2.24, 2.45) is 50.2 Å². The van der Waals surface area contributed by atoms with Crippen molar-refractivity contribution in [1.29, 1.82) is 5.26 Å². The molecule has 0 amide bonds. The van der Waals surface area contributed by atoms with E-state index >= 15 is 0 Å².